The zero-order valence-electron chi connectivity index (χ0n) is 18.1. The minimum atomic E-state index is -5.51. The highest BCUT2D eigenvalue weighted by Gasteiger charge is 2.47. The number of phosphoric ester groups is 1. The molecule has 2 aliphatic rings. The minimum absolute atomic E-state index is 0.168. The van der Waals surface area contributed by atoms with E-state index in [2.05, 4.69) is 9.29 Å². The van der Waals surface area contributed by atoms with E-state index in [1.165, 1.54) is 13.1 Å². The number of rotatable bonds is 9. The number of aryl methyl sites for hydroxylation is 1. The fraction of sp³-hybridized carbons (Fsp3) is 0.750. The Balaban J connectivity index is 1.73. The second-order valence-corrected chi connectivity index (χ2v) is 10.9. The molecule has 2 aliphatic heterocycles. The first-order valence-electron chi connectivity index (χ1n) is 10.2. The number of aliphatic hydroxyl groups is 4. The Morgan fingerprint density at radius 3 is 2.46 bits per heavy atom. The van der Waals surface area contributed by atoms with Crippen LogP contribution in [-0.4, -0.2) is 89.8 Å². The third kappa shape index (κ3) is 7.14. The van der Waals surface area contributed by atoms with Crippen LogP contribution in [0.2, 0.25) is 0 Å². The molecule has 0 radical (unpaired) electrons. The average Bonchev–Trinajstić information content (AvgIpc) is 3.11. The van der Waals surface area contributed by atoms with Crippen molar-refractivity contribution in [2.45, 2.75) is 62.8 Å². The number of aromatic nitrogens is 2. The van der Waals surface area contributed by atoms with Gasteiger partial charge in [0.15, 0.2) is 6.29 Å². The molecule has 2 fully saturated rings. The maximum atomic E-state index is 13.0. The van der Waals surface area contributed by atoms with Crippen LogP contribution in [0.1, 0.15) is 24.6 Å². The molecule has 3 heterocycles. The molecular weight excluding hydrogens is 522 g/mol. The number of aromatic amines is 1. The lowest BCUT2D eigenvalue weighted by Gasteiger charge is -2.37. The number of hydrogen-bond donors (Lipinski definition) is 7. The fourth-order valence-corrected chi connectivity index (χ4v) is 5.66. The molecule has 7 N–H and O–H groups in total. The summed E-state index contributed by atoms with van der Waals surface area (Å²) in [6, 6.07) is 0. The second-order valence-electron chi connectivity index (χ2n) is 7.93. The van der Waals surface area contributed by atoms with Crippen LogP contribution in [-0.2, 0) is 32.0 Å². The number of ether oxygens (including phenoxy) is 2. The maximum absolute atomic E-state index is 13.0. The average molecular weight is 548 g/mol. The lowest BCUT2D eigenvalue weighted by molar-refractivity contribution is -0.245. The molecule has 0 saturated carbocycles. The maximum Gasteiger partial charge on any atom is 0.486 e. The van der Waals surface area contributed by atoms with Gasteiger partial charge < -0.3 is 39.7 Å². The van der Waals surface area contributed by atoms with Gasteiger partial charge in [0.05, 0.1) is 31.5 Å². The van der Waals surface area contributed by atoms with Crippen molar-refractivity contribution in [1.82, 2.24) is 9.55 Å². The van der Waals surface area contributed by atoms with Crippen molar-refractivity contribution in [2.24, 2.45) is 0 Å². The normalized spacial score (nSPS) is 33.5. The van der Waals surface area contributed by atoms with Gasteiger partial charge in [0, 0.05) is 24.6 Å². The number of phosphoric acid groups is 2. The first kappa shape index (κ1) is 28.3. The van der Waals surface area contributed by atoms with Crippen LogP contribution in [0.3, 0.4) is 0 Å². The number of hydrogen-bond acceptors (Lipinski definition) is 13. The van der Waals surface area contributed by atoms with Gasteiger partial charge in [-0.3, -0.25) is 23.4 Å². The zero-order valence-corrected chi connectivity index (χ0v) is 19.9. The quantitative estimate of drug-likeness (QED) is 0.158. The third-order valence-corrected chi connectivity index (χ3v) is 7.79. The SMILES string of the molecule is Cc1cn([C@H]2CC(O)[C@@H](COP(=O)(O[C@@H]3O[C@H](CO)C[C@H](O)[C@H]3O)OP(=O)(O)O)O2)c(=O)[nH]c1=O. The van der Waals surface area contributed by atoms with Crippen molar-refractivity contribution in [1.29, 1.82) is 0 Å². The van der Waals surface area contributed by atoms with E-state index in [0.29, 0.717) is 0 Å². The van der Waals surface area contributed by atoms with Gasteiger partial charge in [-0.2, -0.15) is 4.31 Å². The van der Waals surface area contributed by atoms with Crippen LogP contribution in [0.4, 0.5) is 0 Å². The molecule has 1 aromatic rings. The number of nitrogens with one attached hydrogen (secondary N) is 1. The van der Waals surface area contributed by atoms with E-state index < -0.39 is 83.1 Å². The molecule has 1 aromatic heterocycles. The summed E-state index contributed by atoms with van der Waals surface area (Å²) in [5, 5.41) is 39.4. The topological polar surface area (TPSA) is 257 Å². The minimum Gasteiger partial charge on any atom is -0.394 e. The van der Waals surface area contributed by atoms with E-state index in [9.17, 15) is 39.1 Å². The summed E-state index contributed by atoms with van der Waals surface area (Å²) in [5.41, 5.74) is -1.25. The predicted octanol–water partition coefficient (Wildman–Crippen LogP) is -2.43. The molecule has 2 unspecified atom stereocenters. The van der Waals surface area contributed by atoms with Gasteiger partial charge in [0.25, 0.3) is 5.56 Å². The summed E-state index contributed by atoms with van der Waals surface area (Å²) < 4.78 is 49.9. The second kappa shape index (κ2) is 11.0. The Morgan fingerprint density at radius 2 is 1.83 bits per heavy atom. The van der Waals surface area contributed by atoms with Crippen LogP contribution < -0.4 is 11.2 Å². The van der Waals surface area contributed by atoms with E-state index in [0.717, 1.165) is 4.57 Å². The highest BCUT2D eigenvalue weighted by Crippen LogP contribution is 2.62. The highest BCUT2D eigenvalue weighted by molar-refractivity contribution is 7.61. The Morgan fingerprint density at radius 1 is 1.14 bits per heavy atom. The third-order valence-electron chi connectivity index (χ3n) is 5.20. The lowest BCUT2D eigenvalue weighted by Crippen LogP contribution is -2.50. The van der Waals surface area contributed by atoms with Gasteiger partial charge in [0.1, 0.15) is 18.4 Å². The van der Waals surface area contributed by atoms with Crippen molar-refractivity contribution in [3.63, 3.8) is 0 Å². The van der Waals surface area contributed by atoms with Gasteiger partial charge in [-0.1, -0.05) is 0 Å². The molecule has 0 bridgehead atoms. The van der Waals surface area contributed by atoms with E-state index in [-0.39, 0.29) is 18.4 Å². The van der Waals surface area contributed by atoms with Crippen LogP contribution >= 0.6 is 15.6 Å². The largest absolute Gasteiger partial charge is 0.486 e. The van der Waals surface area contributed by atoms with Crippen LogP contribution in [0.25, 0.3) is 0 Å². The molecule has 19 heteroatoms. The van der Waals surface area contributed by atoms with Crippen LogP contribution in [0.5, 0.6) is 0 Å². The Labute approximate surface area is 196 Å². The summed E-state index contributed by atoms with van der Waals surface area (Å²) in [6.07, 6.45) is -9.26. The monoisotopic (exact) mass is 548 g/mol. The molecule has 200 valence electrons. The van der Waals surface area contributed by atoms with Crippen molar-refractivity contribution in [3.05, 3.63) is 32.6 Å². The Hall–Kier alpha value is -1.30. The predicted molar refractivity (Wildman–Crippen MR) is 111 cm³/mol. The Kier molecular flexibility index (Phi) is 8.87. The van der Waals surface area contributed by atoms with Crippen LogP contribution in [0.15, 0.2) is 15.8 Å². The smallest absolute Gasteiger partial charge is 0.394 e. The van der Waals surface area contributed by atoms with Gasteiger partial charge >= 0.3 is 21.3 Å². The van der Waals surface area contributed by atoms with Crippen molar-refractivity contribution >= 4 is 15.6 Å². The van der Waals surface area contributed by atoms with Crippen molar-refractivity contribution in [2.75, 3.05) is 13.2 Å². The molecule has 0 aromatic carbocycles. The molecule has 35 heavy (non-hydrogen) atoms. The summed E-state index contributed by atoms with van der Waals surface area (Å²) in [7, 11) is -10.8. The molecular formula is C16H26N2O15P2. The van der Waals surface area contributed by atoms with Crippen molar-refractivity contribution in [3.8, 4) is 0 Å². The first-order valence-corrected chi connectivity index (χ1v) is 13.2. The highest BCUT2D eigenvalue weighted by atomic mass is 31.3. The van der Waals surface area contributed by atoms with Crippen LogP contribution in [0, 0.1) is 6.92 Å². The van der Waals surface area contributed by atoms with Crippen molar-refractivity contribution < 1.29 is 62.2 Å². The summed E-state index contributed by atoms with van der Waals surface area (Å²) in [6.45, 7) is -0.0180. The number of nitrogens with zero attached hydrogens (tertiary/aromatic N) is 1. The molecule has 0 amide bonds. The summed E-state index contributed by atoms with van der Waals surface area (Å²) in [4.78, 5) is 43.9. The van der Waals surface area contributed by atoms with E-state index in [4.69, 9.17) is 28.3 Å². The lowest BCUT2D eigenvalue weighted by atomic mass is 10.0. The van der Waals surface area contributed by atoms with E-state index in [1.807, 2.05) is 0 Å². The molecule has 0 spiro atoms. The number of H-pyrrole nitrogens is 1. The fourth-order valence-electron chi connectivity index (χ4n) is 3.45. The van der Waals surface area contributed by atoms with Gasteiger partial charge in [-0.15, -0.1) is 0 Å². The van der Waals surface area contributed by atoms with E-state index >= 15 is 0 Å². The number of aliphatic hydroxyl groups excluding tert-OH is 4. The molecule has 2 saturated heterocycles. The van der Waals surface area contributed by atoms with Gasteiger partial charge in [-0.25, -0.2) is 13.9 Å². The molecule has 8 atom stereocenters. The molecule has 0 aliphatic carbocycles. The standard InChI is InChI=1S/C16H26N2O15P2/c1-7-4-18(16(24)17-14(7)23)12-3-9(20)11(31-12)6-29-35(28,33-34(25,26)27)32-15-13(22)10(21)2-8(5-19)30-15/h4,8-13,15,19-22H,2-3,5-6H2,1H3,(H,17,23,24)(H2,25,26,27)/t8-,9?,10-,11+,12+,13+,15-,35?/m0/s1. The molecule has 3 rings (SSSR count). The van der Waals surface area contributed by atoms with E-state index in [1.54, 1.807) is 0 Å². The Bertz CT molecular complexity index is 1100. The summed E-state index contributed by atoms with van der Waals surface area (Å²) >= 11 is 0. The summed E-state index contributed by atoms with van der Waals surface area (Å²) in [5.74, 6) is 0. The molecule has 17 nitrogen and oxygen atoms in total. The zero-order chi connectivity index (χ0) is 26.1. The van der Waals surface area contributed by atoms with Gasteiger partial charge in [0.2, 0.25) is 0 Å². The van der Waals surface area contributed by atoms with Gasteiger partial charge in [-0.05, 0) is 6.92 Å². The first-order chi connectivity index (χ1) is 16.2.